The molecule has 1 fully saturated rings. The minimum Gasteiger partial charge on any atom is -0.450 e. The maximum absolute atomic E-state index is 13.7. The van der Waals surface area contributed by atoms with Crippen LogP contribution in [0.15, 0.2) is 27.7 Å². The molecular weight excluding hydrogens is 530 g/mol. The van der Waals surface area contributed by atoms with Crippen LogP contribution in [0.2, 0.25) is 0 Å². The first-order valence-corrected chi connectivity index (χ1v) is 9.71. The largest absolute Gasteiger partial charge is 0.450 e. The molecule has 1 heterocycles. The van der Waals surface area contributed by atoms with Crippen LogP contribution in [-0.4, -0.2) is 49.2 Å². The zero-order valence-electron chi connectivity index (χ0n) is 15.4. The molecule has 27 heavy (non-hydrogen) atoms. The van der Waals surface area contributed by atoms with Crippen LogP contribution >= 0.6 is 39.9 Å². The Morgan fingerprint density at radius 2 is 2.15 bits per heavy atom. The van der Waals surface area contributed by atoms with Gasteiger partial charge in [0.25, 0.3) is 0 Å². The minimum absolute atomic E-state index is 0. The molecule has 9 heteroatoms. The van der Waals surface area contributed by atoms with E-state index in [1.165, 1.54) is 6.07 Å². The number of rotatable bonds is 6. The number of hydrogen-bond acceptors (Lipinski definition) is 3. The molecule has 152 valence electrons. The van der Waals surface area contributed by atoms with E-state index in [4.69, 9.17) is 10.5 Å². The minimum atomic E-state index is -0.257. The Hall–Kier alpha value is -1.10. The first-order chi connectivity index (χ1) is 12.5. The number of guanidine groups is 1. The van der Waals surface area contributed by atoms with E-state index in [1.54, 1.807) is 17.9 Å². The SMILES string of the molecule is CCOC(=O)N1CCC(NC(N)=NCCCc2ccc(Br)cc2F)CC1.I. The molecule has 2 rings (SSSR count). The number of nitrogens with one attached hydrogen (secondary N) is 1. The third kappa shape index (κ3) is 8.20. The molecule has 0 atom stereocenters. The molecule has 6 nitrogen and oxygen atoms in total. The lowest BCUT2D eigenvalue weighted by molar-refractivity contribution is 0.0963. The van der Waals surface area contributed by atoms with Crippen molar-refractivity contribution in [3.05, 3.63) is 34.1 Å². The first kappa shape index (κ1) is 23.9. The number of aryl methyl sites for hydroxylation is 1. The molecule has 1 amide bonds. The number of carbonyl (C=O) groups excluding carboxylic acids is 1. The van der Waals surface area contributed by atoms with E-state index < -0.39 is 0 Å². The maximum atomic E-state index is 13.7. The number of likely N-dealkylation sites (tertiary alicyclic amines) is 1. The molecule has 0 aromatic heterocycles. The van der Waals surface area contributed by atoms with Crippen molar-refractivity contribution in [3.8, 4) is 0 Å². The number of halogens is 3. The summed E-state index contributed by atoms with van der Waals surface area (Å²) in [6.07, 6.45) is 2.70. The number of nitrogens with zero attached hydrogens (tertiary/aromatic N) is 2. The Labute approximate surface area is 185 Å². The van der Waals surface area contributed by atoms with Crippen LogP contribution in [0, 0.1) is 5.82 Å². The Balaban J connectivity index is 0.00000364. The van der Waals surface area contributed by atoms with E-state index in [0.29, 0.717) is 44.2 Å². The maximum Gasteiger partial charge on any atom is 0.409 e. The van der Waals surface area contributed by atoms with E-state index in [1.807, 2.05) is 6.07 Å². The highest BCUT2D eigenvalue weighted by atomic mass is 127. The van der Waals surface area contributed by atoms with Gasteiger partial charge in [0.1, 0.15) is 5.82 Å². The van der Waals surface area contributed by atoms with Crippen molar-refractivity contribution in [1.82, 2.24) is 10.2 Å². The predicted octanol–water partition coefficient (Wildman–Crippen LogP) is 3.66. The van der Waals surface area contributed by atoms with Gasteiger partial charge in [0.05, 0.1) is 6.61 Å². The first-order valence-electron chi connectivity index (χ1n) is 8.91. The van der Waals surface area contributed by atoms with Gasteiger partial charge in [-0.3, -0.25) is 4.99 Å². The molecule has 3 N–H and O–H groups in total. The monoisotopic (exact) mass is 556 g/mol. The third-order valence-corrected chi connectivity index (χ3v) is 4.77. The lowest BCUT2D eigenvalue weighted by atomic mass is 10.1. The van der Waals surface area contributed by atoms with Crippen LogP contribution in [0.1, 0.15) is 31.7 Å². The van der Waals surface area contributed by atoms with Crippen LogP contribution in [0.3, 0.4) is 0 Å². The fourth-order valence-electron chi connectivity index (χ4n) is 2.87. The van der Waals surface area contributed by atoms with Crippen LogP contribution in [0.25, 0.3) is 0 Å². The van der Waals surface area contributed by atoms with Gasteiger partial charge in [0.15, 0.2) is 5.96 Å². The third-order valence-electron chi connectivity index (χ3n) is 4.27. The van der Waals surface area contributed by atoms with Gasteiger partial charge >= 0.3 is 6.09 Å². The van der Waals surface area contributed by atoms with Crippen LogP contribution in [0.5, 0.6) is 0 Å². The van der Waals surface area contributed by atoms with Crippen LogP contribution < -0.4 is 11.1 Å². The second-order valence-corrected chi connectivity index (χ2v) is 7.13. The second-order valence-electron chi connectivity index (χ2n) is 6.21. The fraction of sp³-hybridized carbons (Fsp3) is 0.556. The number of benzene rings is 1. The van der Waals surface area contributed by atoms with Gasteiger partial charge in [0, 0.05) is 30.1 Å². The van der Waals surface area contributed by atoms with E-state index in [9.17, 15) is 9.18 Å². The Bertz CT molecular complexity index is 640. The summed E-state index contributed by atoms with van der Waals surface area (Å²) in [5, 5.41) is 3.20. The number of hydrogen-bond donors (Lipinski definition) is 2. The van der Waals surface area contributed by atoms with Crippen molar-refractivity contribution < 1.29 is 13.9 Å². The fourth-order valence-corrected chi connectivity index (χ4v) is 3.20. The van der Waals surface area contributed by atoms with E-state index in [0.717, 1.165) is 23.7 Å². The van der Waals surface area contributed by atoms with Crippen LogP contribution in [-0.2, 0) is 11.2 Å². The van der Waals surface area contributed by atoms with E-state index >= 15 is 0 Å². The normalized spacial score (nSPS) is 15.2. The van der Waals surface area contributed by atoms with Crippen molar-refractivity contribution >= 4 is 52.0 Å². The van der Waals surface area contributed by atoms with Crippen LogP contribution in [0.4, 0.5) is 9.18 Å². The summed E-state index contributed by atoms with van der Waals surface area (Å²) in [6.45, 7) is 4.02. The summed E-state index contributed by atoms with van der Waals surface area (Å²) in [4.78, 5) is 17.7. The molecule has 1 aromatic rings. The average Bonchev–Trinajstić information content (AvgIpc) is 2.61. The molecule has 0 aliphatic carbocycles. The molecule has 1 aliphatic heterocycles. The quantitative estimate of drug-likeness (QED) is 0.242. The number of carbonyl (C=O) groups is 1. The molecule has 0 bridgehead atoms. The van der Waals surface area contributed by atoms with Gasteiger partial charge in [-0.1, -0.05) is 22.0 Å². The number of aliphatic imine (C=N–C) groups is 1. The summed E-state index contributed by atoms with van der Waals surface area (Å²) in [6, 6.07) is 5.29. The molecule has 0 unspecified atom stereocenters. The van der Waals surface area contributed by atoms with Gasteiger partial charge < -0.3 is 20.7 Å². The molecule has 0 saturated carbocycles. The highest BCUT2D eigenvalue weighted by Gasteiger charge is 2.23. The van der Waals surface area contributed by atoms with Crippen molar-refractivity contribution in [2.45, 2.75) is 38.6 Å². The highest BCUT2D eigenvalue weighted by Crippen LogP contribution is 2.16. The zero-order chi connectivity index (χ0) is 18.9. The van der Waals surface area contributed by atoms with Crippen molar-refractivity contribution in [1.29, 1.82) is 0 Å². The lowest BCUT2D eigenvalue weighted by Gasteiger charge is -2.31. The predicted molar refractivity (Wildman–Crippen MR) is 119 cm³/mol. The van der Waals surface area contributed by atoms with Gasteiger partial charge in [-0.2, -0.15) is 0 Å². The summed E-state index contributed by atoms with van der Waals surface area (Å²) >= 11 is 3.25. The molecule has 1 aromatic carbocycles. The van der Waals surface area contributed by atoms with Gasteiger partial charge in [-0.15, -0.1) is 24.0 Å². The Morgan fingerprint density at radius 1 is 1.44 bits per heavy atom. The smallest absolute Gasteiger partial charge is 0.409 e. The zero-order valence-corrected chi connectivity index (χ0v) is 19.3. The molecule has 0 radical (unpaired) electrons. The molecule has 0 spiro atoms. The summed E-state index contributed by atoms with van der Waals surface area (Å²) in [5.74, 6) is 0.193. The van der Waals surface area contributed by atoms with E-state index in [-0.39, 0.29) is 41.9 Å². The standard InChI is InChI=1S/C18H26BrFN4O2.HI/c1-2-26-18(25)24-10-7-15(8-11-24)23-17(21)22-9-3-4-13-5-6-14(19)12-16(13)20;/h5-6,12,15H,2-4,7-11H2,1H3,(H3,21,22,23);1H. The Morgan fingerprint density at radius 3 is 2.78 bits per heavy atom. The summed E-state index contributed by atoms with van der Waals surface area (Å²) < 4.78 is 19.5. The van der Waals surface area contributed by atoms with Crippen molar-refractivity contribution in [3.63, 3.8) is 0 Å². The molecule has 1 saturated heterocycles. The number of amides is 1. The second kappa shape index (κ2) is 12.4. The number of ether oxygens (including phenoxy) is 1. The topological polar surface area (TPSA) is 80.0 Å². The molecule has 1 aliphatic rings. The summed E-state index contributed by atoms with van der Waals surface area (Å²) in [5.41, 5.74) is 6.61. The van der Waals surface area contributed by atoms with Gasteiger partial charge in [0.2, 0.25) is 0 Å². The van der Waals surface area contributed by atoms with Gasteiger partial charge in [-0.05, 0) is 50.3 Å². The lowest BCUT2D eigenvalue weighted by Crippen LogP contribution is -2.48. The molecular formula is C18H27BrFIN4O2. The van der Waals surface area contributed by atoms with Gasteiger partial charge in [-0.25, -0.2) is 9.18 Å². The van der Waals surface area contributed by atoms with Crippen molar-refractivity contribution in [2.75, 3.05) is 26.2 Å². The highest BCUT2D eigenvalue weighted by molar-refractivity contribution is 14.0. The Kier molecular flexibility index (Phi) is 11.0. The number of piperidine rings is 1. The number of nitrogens with two attached hydrogens (primary N) is 1. The van der Waals surface area contributed by atoms with E-state index in [2.05, 4.69) is 26.2 Å². The average molecular weight is 557 g/mol. The summed E-state index contributed by atoms with van der Waals surface area (Å²) in [7, 11) is 0. The van der Waals surface area contributed by atoms with Crippen molar-refractivity contribution in [2.24, 2.45) is 10.7 Å².